The number of hydrogen-bond acceptors (Lipinski definition) is 0. The maximum absolute atomic E-state index is 2.53. The lowest BCUT2D eigenvalue weighted by atomic mass is 9.39. The van der Waals surface area contributed by atoms with Gasteiger partial charge in [0, 0.05) is 0 Å². The Labute approximate surface area is 409 Å². The summed E-state index contributed by atoms with van der Waals surface area (Å²) in [5.74, 6) is 2.53. The van der Waals surface area contributed by atoms with Gasteiger partial charge in [-0.1, -0.05) is 348 Å². The standard InChI is InChI=1S/C18H25B.C15H25B.C14H23B.C13H29BSi/c1-3-5-14-19(15-6-4-2)18-13-9-11-16-10-7-8-12-17(16)18;1-3-5-12-16(13-6-4-2)14-15-10-8-7-9-11-15;1-3-5-12-15(13-6-4-2)14-10-8-7-9-11-14;1-6-8-10-14(11-9-7-2)12-13-15(3,4)5/h7-13H,3-6,14-15H2,1-2H3;7-11H,3-6,12-14H2,1-2H3;7-11H,3-6,12-13H2,1-2H3;12-13H,6-11H2,1-5H3/b;;;13-12+. The summed E-state index contributed by atoms with van der Waals surface area (Å²) in [6.07, 6.45) is 33.8. The number of hydrogen-bond donors (Lipinski definition) is 0. The molecule has 0 radical (unpaired) electrons. The van der Waals surface area contributed by atoms with Gasteiger partial charge in [0.1, 0.15) is 6.71 Å². The van der Waals surface area contributed by atoms with E-state index in [0.717, 1.165) is 26.9 Å². The maximum Gasteiger partial charge on any atom is 0.176 e. The summed E-state index contributed by atoms with van der Waals surface area (Å²) in [5.41, 5.74) is 7.15. The maximum atomic E-state index is 2.53. The van der Waals surface area contributed by atoms with Crippen LogP contribution in [0.15, 0.2) is 115 Å². The first-order chi connectivity index (χ1) is 31.6. The van der Waals surface area contributed by atoms with Gasteiger partial charge in [-0.05, 0) is 17.1 Å². The van der Waals surface area contributed by atoms with E-state index in [-0.39, 0.29) is 0 Å². The highest BCUT2D eigenvalue weighted by Crippen LogP contribution is 2.19. The van der Waals surface area contributed by atoms with E-state index in [2.05, 4.69) is 190 Å². The topological polar surface area (TPSA) is 0 Å². The van der Waals surface area contributed by atoms with E-state index < -0.39 is 8.07 Å². The third-order valence-corrected chi connectivity index (χ3v) is 14.4. The summed E-state index contributed by atoms with van der Waals surface area (Å²) in [4.78, 5) is 0. The van der Waals surface area contributed by atoms with Crippen molar-refractivity contribution in [3.8, 4) is 0 Å². The molecule has 0 nitrogen and oxygen atoms in total. The molecule has 0 saturated carbocycles. The van der Waals surface area contributed by atoms with Crippen molar-refractivity contribution >= 4 is 56.6 Å². The highest BCUT2D eigenvalue weighted by Gasteiger charge is 2.18. The Morgan fingerprint density at radius 1 is 0.400 bits per heavy atom. The van der Waals surface area contributed by atoms with Gasteiger partial charge in [0.25, 0.3) is 0 Å². The third kappa shape index (κ3) is 30.4. The molecule has 0 atom stereocenters. The molecule has 0 aliphatic rings. The fraction of sp³-hybridized carbons (Fsp3) is 0.600. The van der Waals surface area contributed by atoms with Crippen LogP contribution in [0.25, 0.3) is 10.8 Å². The van der Waals surface area contributed by atoms with Gasteiger partial charge in [0.15, 0.2) is 20.1 Å². The predicted molar refractivity (Wildman–Crippen MR) is 313 cm³/mol. The van der Waals surface area contributed by atoms with Crippen LogP contribution >= 0.6 is 0 Å². The van der Waals surface area contributed by atoms with Gasteiger partial charge in [-0.2, -0.15) is 0 Å². The van der Waals surface area contributed by atoms with E-state index in [1.165, 1.54) is 176 Å². The molecule has 0 spiro atoms. The van der Waals surface area contributed by atoms with Gasteiger partial charge in [-0.25, -0.2) is 0 Å². The lowest BCUT2D eigenvalue weighted by molar-refractivity contribution is 0.836. The second-order valence-corrected chi connectivity index (χ2v) is 25.6. The molecule has 4 rings (SSSR count). The van der Waals surface area contributed by atoms with E-state index in [1.807, 2.05) is 0 Å². The van der Waals surface area contributed by atoms with Crippen molar-refractivity contribution in [1.29, 1.82) is 0 Å². The Morgan fingerprint density at radius 2 is 0.800 bits per heavy atom. The highest BCUT2D eigenvalue weighted by atomic mass is 28.3. The molecule has 0 fully saturated rings. The zero-order valence-corrected chi connectivity index (χ0v) is 46.0. The quantitative estimate of drug-likeness (QED) is 0.0458. The molecule has 4 aromatic carbocycles. The van der Waals surface area contributed by atoms with E-state index >= 15 is 0 Å². The number of benzene rings is 4. The summed E-state index contributed by atoms with van der Waals surface area (Å²) in [6, 6.07) is 37.6. The first-order valence-electron chi connectivity index (χ1n) is 27.9. The van der Waals surface area contributed by atoms with Crippen LogP contribution in [0.2, 0.25) is 70.2 Å². The Morgan fingerprint density at radius 3 is 1.28 bits per heavy atom. The number of unbranched alkanes of at least 4 members (excludes halogenated alkanes) is 8. The summed E-state index contributed by atoms with van der Waals surface area (Å²) < 4.78 is 0. The van der Waals surface area contributed by atoms with Crippen LogP contribution in [-0.2, 0) is 6.32 Å². The van der Waals surface area contributed by atoms with Crippen molar-refractivity contribution in [1.82, 2.24) is 0 Å². The Hall–Kier alpha value is -2.64. The Bertz CT molecular complexity index is 1620. The van der Waals surface area contributed by atoms with Gasteiger partial charge >= 0.3 is 0 Å². The SMILES string of the molecule is CCCCB(/C=C/[Si](C)(C)C)CCCC.CCCCB(CCCC)Cc1ccccc1.CCCCB(CCCC)c1cccc2ccccc12.CCCCB(CCCC)c1ccccc1. The van der Waals surface area contributed by atoms with Crippen molar-refractivity contribution in [2.75, 3.05) is 0 Å². The zero-order chi connectivity index (χ0) is 47.8. The van der Waals surface area contributed by atoms with Gasteiger partial charge < -0.3 is 0 Å². The minimum atomic E-state index is -0.979. The highest BCUT2D eigenvalue weighted by molar-refractivity contribution is 6.82. The second-order valence-electron chi connectivity index (χ2n) is 20.6. The molecule has 0 saturated heterocycles. The van der Waals surface area contributed by atoms with Gasteiger partial charge in [0.05, 0.1) is 8.07 Å². The molecule has 5 heteroatoms. The summed E-state index contributed by atoms with van der Waals surface area (Å²) in [6.45, 7) is 28.9. The molecule has 0 aromatic heterocycles. The molecule has 65 heavy (non-hydrogen) atoms. The van der Waals surface area contributed by atoms with Crippen molar-refractivity contribution in [2.24, 2.45) is 0 Å². The van der Waals surface area contributed by atoms with E-state index in [4.69, 9.17) is 0 Å². The molecule has 0 bridgehead atoms. The van der Waals surface area contributed by atoms with E-state index in [9.17, 15) is 0 Å². The van der Waals surface area contributed by atoms with Gasteiger partial charge in [-0.15, -0.1) is 11.7 Å². The number of rotatable bonds is 30. The van der Waals surface area contributed by atoms with E-state index in [0.29, 0.717) is 0 Å². The van der Waals surface area contributed by atoms with Gasteiger partial charge in [0.2, 0.25) is 0 Å². The van der Waals surface area contributed by atoms with Crippen LogP contribution in [0.1, 0.15) is 164 Å². The molecule has 4 aromatic rings. The van der Waals surface area contributed by atoms with Crippen LogP contribution in [0.4, 0.5) is 0 Å². The molecular weight excluding hydrogens is 792 g/mol. The Kier molecular flexibility index (Phi) is 37.5. The minimum absolute atomic E-state index is 0.742. The average molecular weight is 895 g/mol. The normalized spacial score (nSPS) is 10.9. The molecular formula is C60H102B4Si. The molecule has 0 unspecified atom stereocenters. The molecule has 358 valence electrons. The van der Waals surface area contributed by atoms with Crippen molar-refractivity contribution in [3.63, 3.8) is 0 Å². The second kappa shape index (κ2) is 40.4. The van der Waals surface area contributed by atoms with Crippen LogP contribution in [0.5, 0.6) is 0 Å². The molecule has 0 aliphatic carbocycles. The minimum Gasteiger partial charge on any atom is -0.123 e. The van der Waals surface area contributed by atoms with Crippen LogP contribution in [0.3, 0.4) is 0 Å². The lowest BCUT2D eigenvalue weighted by Gasteiger charge is -2.16. The lowest BCUT2D eigenvalue weighted by Crippen LogP contribution is -2.30. The average Bonchev–Trinajstić information content (AvgIpc) is 3.33. The molecule has 0 amide bonds. The molecule has 0 N–H and O–H groups in total. The van der Waals surface area contributed by atoms with Crippen LogP contribution in [0, 0.1) is 0 Å². The van der Waals surface area contributed by atoms with Gasteiger partial charge in [-0.3, -0.25) is 0 Å². The summed E-state index contributed by atoms with van der Waals surface area (Å²) >= 11 is 0. The zero-order valence-electron chi connectivity index (χ0n) is 45.0. The summed E-state index contributed by atoms with van der Waals surface area (Å²) in [7, 11) is -0.979. The number of fused-ring (bicyclic) bond motifs is 1. The smallest absolute Gasteiger partial charge is 0.123 e. The summed E-state index contributed by atoms with van der Waals surface area (Å²) in [5, 5.41) is 2.85. The predicted octanol–water partition coefficient (Wildman–Crippen LogP) is 19.0. The van der Waals surface area contributed by atoms with Crippen LogP contribution in [-0.4, -0.2) is 34.9 Å². The largest absolute Gasteiger partial charge is 0.176 e. The van der Waals surface area contributed by atoms with Crippen molar-refractivity contribution in [2.45, 2.75) is 235 Å². The van der Waals surface area contributed by atoms with Crippen molar-refractivity contribution < 1.29 is 0 Å². The first kappa shape index (κ1) is 60.4. The third-order valence-electron chi connectivity index (χ3n) is 13.2. The monoisotopic (exact) mass is 895 g/mol. The van der Waals surface area contributed by atoms with E-state index in [1.54, 1.807) is 10.9 Å². The van der Waals surface area contributed by atoms with Crippen molar-refractivity contribution in [3.05, 3.63) is 120 Å². The first-order valence-corrected chi connectivity index (χ1v) is 31.4. The fourth-order valence-electron chi connectivity index (χ4n) is 9.04. The fourth-order valence-corrected chi connectivity index (χ4v) is 9.89. The van der Waals surface area contributed by atoms with Crippen LogP contribution < -0.4 is 10.9 Å². The molecule has 0 heterocycles. The Balaban J connectivity index is 0.000000436. The molecule has 0 aliphatic heterocycles.